The first kappa shape index (κ1) is 20.6. The molecule has 1 amide bonds. The largest absolute Gasteiger partial charge is 0.457 e. The minimum absolute atomic E-state index is 0.198. The predicted octanol–water partition coefficient (Wildman–Crippen LogP) is 5.04. The van der Waals surface area contributed by atoms with Crippen LogP contribution >= 0.6 is 0 Å². The fraction of sp³-hybridized carbons (Fsp3) is 0.208. The lowest BCUT2D eigenvalue weighted by Crippen LogP contribution is -2.31. The number of carbonyl (C=O) groups excluding carboxylic acids is 1. The van der Waals surface area contributed by atoms with Crippen molar-refractivity contribution in [3.63, 3.8) is 0 Å². The third-order valence-electron chi connectivity index (χ3n) is 4.52. The molecular formula is C24H25FN2O2. The van der Waals surface area contributed by atoms with Gasteiger partial charge in [0.15, 0.2) is 0 Å². The normalized spacial score (nSPS) is 11.9. The molecule has 0 aromatic heterocycles. The first-order valence-electron chi connectivity index (χ1n) is 9.55. The highest BCUT2D eigenvalue weighted by molar-refractivity contribution is 5.94. The SMILES string of the molecule is CN(C)CCC(NC(=O)c1cccc(Oc2ccccc2)c1)c1ccc(F)cc1. The van der Waals surface area contributed by atoms with Crippen molar-refractivity contribution in [2.45, 2.75) is 12.5 Å². The van der Waals surface area contributed by atoms with Gasteiger partial charge in [-0.25, -0.2) is 4.39 Å². The lowest BCUT2D eigenvalue weighted by Gasteiger charge is -2.21. The molecule has 0 fully saturated rings. The standard InChI is InChI=1S/C24H25FN2O2/c1-27(2)16-15-23(18-11-13-20(25)14-12-18)26-24(28)19-7-6-10-22(17-19)29-21-8-4-3-5-9-21/h3-14,17,23H,15-16H2,1-2H3,(H,26,28). The number of benzene rings is 3. The van der Waals surface area contributed by atoms with Crippen molar-refractivity contribution < 1.29 is 13.9 Å². The highest BCUT2D eigenvalue weighted by Crippen LogP contribution is 2.23. The van der Waals surface area contributed by atoms with Crippen molar-refractivity contribution in [2.24, 2.45) is 0 Å². The maximum Gasteiger partial charge on any atom is 0.251 e. The van der Waals surface area contributed by atoms with E-state index in [-0.39, 0.29) is 17.8 Å². The number of carbonyl (C=O) groups is 1. The summed E-state index contributed by atoms with van der Waals surface area (Å²) in [7, 11) is 3.96. The van der Waals surface area contributed by atoms with Crippen LogP contribution in [0.3, 0.4) is 0 Å². The van der Waals surface area contributed by atoms with Crippen molar-refractivity contribution in [3.8, 4) is 11.5 Å². The number of para-hydroxylation sites is 1. The van der Waals surface area contributed by atoms with Gasteiger partial charge in [-0.15, -0.1) is 0 Å². The monoisotopic (exact) mass is 392 g/mol. The van der Waals surface area contributed by atoms with Crippen LogP contribution in [0.2, 0.25) is 0 Å². The van der Waals surface area contributed by atoms with E-state index >= 15 is 0 Å². The van der Waals surface area contributed by atoms with Gasteiger partial charge in [0.05, 0.1) is 6.04 Å². The molecule has 0 radical (unpaired) electrons. The lowest BCUT2D eigenvalue weighted by molar-refractivity contribution is 0.0932. The molecule has 3 aromatic carbocycles. The van der Waals surface area contributed by atoms with Crippen LogP contribution in [0, 0.1) is 5.82 Å². The van der Waals surface area contributed by atoms with Crippen LogP contribution in [-0.4, -0.2) is 31.4 Å². The highest BCUT2D eigenvalue weighted by Gasteiger charge is 2.17. The minimum Gasteiger partial charge on any atom is -0.457 e. The number of ether oxygens (including phenoxy) is 1. The number of hydrogen-bond donors (Lipinski definition) is 1. The Morgan fingerprint density at radius 3 is 2.34 bits per heavy atom. The molecule has 0 bridgehead atoms. The zero-order chi connectivity index (χ0) is 20.6. The van der Waals surface area contributed by atoms with Gasteiger partial charge in [-0.3, -0.25) is 4.79 Å². The fourth-order valence-electron chi connectivity index (χ4n) is 2.97. The minimum atomic E-state index is -0.294. The third-order valence-corrected chi connectivity index (χ3v) is 4.52. The van der Waals surface area contributed by atoms with Gasteiger partial charge < -0.3 is 15.0 Å². The maximum absolute atomic E-state index is 13.3. The summed E-state index contributed by atoms with van der Waals surface area (Å²) >= 11 is 0. The molecule has 0 aliphatic carbocycles. The van der Waals surface area contributed by atoms with Gasteiger partial charge in [0, 0.05) is 5.56 Å². The van der Waals surface area contributed by atoms with Crippen LogP contribution in [0.4, 0.5) is 4.39 Å². The second-order valence-corrected chi connectivity index (χ2v) is 7.11. The summed E-state index contributed by atoms with van der Waals surface area (Å²) in [5, 5.41) is 3.07. The molecule has 0 spiro atoms. The second kappa shape index (κ2) is 9.85. The van der Waals surface area contributed by atoms with Crippen LogP contribution in [0.1, 0.15) is 28.4 Å². The van der Waals surface area contributed by atoms with Crippen LogP contribution in [-0.2, 0) is 0 Å². The Labute approximate surface area is 170 Å². The summed E-state index contributed by atoms with van der Waals surface area (Å²) < 4.78 is 19.1. The van der Waals surface area contributed by atoms with Crippen molar-refractivity contribution in [1.29, 1.82) is 0 Å². The average Bonchev–Trinajstić information content (AvgIpc) is 2.72. The van der Waals surface area contributed by atoms with E-state index in [1.807, 2.05) is 50.5 Å². The molecule has 3 aromatic rings. The second-order valence-electron chi connectivity index (χ2n) is 7.11. The molecule has 0 saturated heterocycles. The number of hydrogen-bond acceptors (Lipinski definition) is 3. The smallest absolute Gasteiger partial charge is 0.251 e. The van der Waals surface area contributed by atoms with E-state index in [0.717, 1.165) is 12.1 Å². The Balaban J connectivity index is 1.74. The Kier molecular flexibility index (Phi) is 6.98. The number of nitrogens with one attached hydrogen (secondary N) is 1. The average molecular weight is 392 g/mol. The number of rotatable bonds is 8. The van der Waals surface area contributed by atoms with Gasteiger partial charge in [0.2, 0.25) is 0 Å². The van der Waals surface area contributed by atoms with Crippen molar-refractivity contribution >= 4 is 5.91 Å². The van der Waals surface area contributed by atoms with Crippen LogP contribution in [0.15, 0.2) is 78.9 Å². The zero-order valence-electron chi connectivity index (χ0n) is 16.6. The van der Waals surface area contributed by atoms with Crippen molar-refractivity contribution in [3.05, 3.63) is 95.8 Å². The summed E-state index contributed by atoms with van der Waals surface area (Å²) in [6, 6.07) is 22.5. The molecule has 0 aliphatic heterocycles. The summed E-state index contributed by atoms with van der Waals surface area (Å²) in [4.78, 5) is 14.9. The quantitative estimate of drug-likeness (QED) is 0.584. The van der Waals surface area contributed by atoms with E-state index in [9.17, 15) is 9.18 Å². The Morgan fingerprint density at radius 2 is 1.66 bits per heavy atom. The molecule has 29 heavy (non-hydrogen) atoms. The Hall–Kier alpha value is -3.18. The molecule has 1 unspecified atom stereocenters. The molecule has 150 valence electrons. The summed E-state index contributed by atoms with van der Waals surface area (Å²) in [5.41, 5.74) is 1.38. The molecular weight excluding hydrogens is 367 g/mol. The molecule has 4 nitrogen and oxygen atoms in total. The molecule has 0 aliphatic rings. The van der Waals surface area contributed by atoms with Gasteiger partial charge in [0.25, 0.3) is 5.91 Å². The van der Waals surface area contributed by atoms with E-state index in [1.165, 1.54) is 12.1 Å². The van der Waals surface area contributed by atoms with Gasteiger partial charge >= 0.3 is 0 Å². The number of nitrogens with zero attached hydrogens (tertiary/aromatic N) is 1. The van der Waals surface area contributed by atoms with E-state index in [1.54, 1.807) is 30.3 Å². The molecule has 0 saturated carbocycles. The van der Waals surface area contributed by atoms with Crippen molar-refractivity contribution in [2.75, 3.05) is 20.6 Å². The first-order valence-corrected chi connectivity index (χ1v) is 9.55. The summed E-state index contributed by atoms with van der Waals surface area (Å²) in [6.45, 7) is 0.791. The van der Waals surface area contributed by atoms with Crippen LogP contribution < -0.4 is 10.1 Å². The Morgan fingerprint density at radius 1 is 0.966 bits per heavy atom. The number of halogens is 1. The predicted molar refractivity (Wildman–Crippen MR) is 113 cm³/mol. The first-order chi connectivity index (χ1) is 14.0. The molecule has 1 N–H and O–H groups in total. The summed E-state index contributed by atoms with van der Waals surface area (Å²) in [5.74, 6) is 0.810. The number of amides is 1. The third kappa shape index (κ3) is 6.16. The molecule has 1 atom stereocenters. The lowest BCUT2D eigenvalue weighted by atomic mass is 10.0. The van der Waals surface area contributed by atoms with Gasteiger partial charge in [0.1, 0.15) is 17.3 Å². The van der Waals surface area contributed by atoms with Crippen LogP contribution in [0.5, 0.6) is 11.5 Å². The fourth-order valence-corrected chi connectivity index (χ4v) is 2.97. The van der Waals surface area contributed by atoms with Gasteiger partial charge in [-0.05, 0) is 75.1 Å². The topological polar surface area (TPSA) is 41.6 Å². The molecule has 3 rings (SSSR count). The van der Waals surface area contributed by atoms with E-state index in [4.69, 9.17) is 4.74 Å². The van der Waals surface area contributed by atoms with E-state index in [0.29, 0.717) is 23.5 Å². The maximum atomic E-state index is 13.3. The zero-order valence-corrected chi connectivity index (χ0v) is 16.6. The van der Waals surface area contributed by atoms with Crippen LogP contribution in [0.25, 0.3) is 0 Å². The van der Waals surface area contributed by atoms with Crippen molar-refractivity contribution in [1.82, 2.24) is 10.2 Å². The van der Waals surface area contributed by atoms with E-state index < -0.39 is 0 Å². The van der Waals surface area contributed by atoms with Gasteiger partial charge in [-0.1, -0.05) is 36.4 Å². The molecule has 5 heteroatoms. The van der Waals surface area contributed by atoms with Gasteiger partial charge in [-0.2, -0.15) is 0 Å². The highest BCUT2D eigenvalue weighted by atomic mass is 19.1. The van der Waals surface area contributed by atoms with E-state index in [2.05, 4.69) is 10.2 Å². The Bertz CT molecular complexity index is 927. The molecule has 0 heterocycles. The summed E-state index contributed by atoms with van der Waals surface area (Å²) in [6.07, 6.45) is 0.713.